The van der Waals surface area contributed by atoms with Crippen LogP contribution in [0.15, 0.2) is 42.6 Å². The molecule has 0 spiro atoms. The molecule has 2 atom stereocenters. The van der Waals surface area contributed by atoms with Gasteiger partial charge in [0.05, 0.1) is 27.3 Å². The Morgan fingerprint density at radius 3 is 2.48 bits per heavy atom. The molecule has 1 saturated heterocycles. The number of hydrogen-bond donors (Lipinski definition) is 2. The highest BCUT2D eigenvalue weighted by atomic mass is 35.5. The van der Waals surface area contributed by atoms with Crippen molar-refractivity contribution in [1.82, 2.24) is 25.2 Å². The number of amides is 2. The van der Waals surface area contributed by atoms with Crippen LogP contribution in [-0.2, 0) is 20.0 Å². The highest BCUT2D eigenvalue weighted by Crippen LogP contribution is 2.47. The number of nitrogens with zero attached hydrogens (tertiary/aromatic N) is 5. The first-order valence-electron chi connectivity index (χ1n) is 17.0. The average Bonchev–Trinajstić information content (AvgIpc) is 3.56. The van der Waals surface area contributed by atoms with Gasteiger partial charge in [-0.2, -0.15) is 0 Å². The molecule has 2 aromatic carbocycles. The quantitative estimate of drug-likeness (QED) is 0.205. The molecule has 7 rings (SSSR count). The summed E-state index contributed by atoms with van der Waals surface area (Å²) in [5.41, 5.74) is 6.13. The molecule has 2 N–H and O–H groups in total. The zero-order valence-electron chi connectivity index (χ0n) is 28.0. The third kappa shape index (κ3) is 6.59. The van der Waals surface area contributed by atoms with E-state index in [2.05, 4.69) is 38.1 Å². The molecule has 48 heavy (non-hydrogen) atoms. The number of anilines is 2. The van der Waals surface area contributed by atoms with Crippen molar-refractivity contribution in [2.75, 3.05) is 37.0 Å². The maximum absolute atomic E-state index is 13.8. The first-order valence-corrected chi connectivity index (χ1v) is 17.7. The van der Waals surface area contributed by atoms with Gasteiger partial charge in [0.15, 0.2) is 0 Å². The Bertz CT molecular complexity index is 1870. The summed E-state index contributed by atoms with van der Waals surface area (Å²) in [5, 5.41) is 7.32. The van der Waals surface area contributed by atoms with Crippen molar-refractivity contribution in [3.63, 3.8) is 0 Å². The van der Waals surface area contributed by atoms with Crippen molar-refractivity contribution < 1.29 is 9.59 Å². The summed E-state index contributed by atoms with van der Waals surface area (Å²) in [4.78, 5) is 40.3. The number of carbonyl (C=O) groups is 2. The average molecular weight is 689 g/mol. The third-order valence-electron chi connectivity index (χ3n) is 10.5. The number of fused-ring (bicyclic) bond motifs is 2. The van der Waals surface area contributed by atoms with E-state index < -0.39 is 0 Å². The summed E-state index contributed by atoms with van der Waals surface area (Å²) in [5.74, 6) is 2.68. The second-order valence-electron chi connectivity index (χ2n) is 14.2. The van der Waals surface area contributed by atoms with Crippen LogP contribution in [0.2, 0.25) is 10.0 Å². The van der Waals surface area contributed by atoms with Gasteiger partial charge in [-0.25, -0.2) is 4.98 Å². The maximum Gasteiger partial charge on any atom is 0.270 e. The monoisotopic (exact) mass is 687 g/mol. The summed E-state index contributed by atoms with van der Waals surface area (Å²) >= 11 is 13.7. The van der Waals surface area contributed by atoms with E-state index in [1.807, 2.05) is 50.3 Å². The van der Waals surface area contributed by atoms with E-state index in [1.165, 1.54) is 6.42 Å². The Kier molecular flexibility index (Phi) is 9.02. The minimum Gasteiger partial charge on any atom is -0.378 e. The molecule has 0 radical (unpaired) electrons. The molecule has 3 fully saturated rings. The number of imidazole rings is 1. The molecule has 2 saturated carbocycles. The summed E-state index contributed by atoms with van der Waals surface area (Å²) in [6.45, 7) is 4.50. The Morgan fingerprint density at radius 2 is 1.75 bits per heavy atom. The van der Waals surface area contributed by atoms with Gasteiger partial charge < -0.3 is 25.0 Å². The van der Waals surface area contributed by atoms with Crippen LogP contribution < -0.4 is 20.4 Å². The second-order valence-corrected chi connectivity index (χ2v) is 15.0. The molecular weight excluding hydrogens is 645 g/mol. The predicted molar refractivity (Wildman–Crippen MR) is 192 cm³/mol. The minimum atomic E-state index is -0.286. The number of carbonyl (C=O) groups excluding carboxylic acids is 2. The fourth-order valence-corrected chi connectivity index (χ4v) is 7.90. The first-order chi connectivity index (χ1) is 23.0. The van der Waals surface area contributed by atoms with Gasteiger partial charge in [0.25, 0.3) is 11.8 Å². The van der Waals surface area contributed by atoms with Crippen LogP contribution in [0.5, 0.6) is 0 Å². The number of rotatable bonds is 9. The van der Waals surface area contributed by atoms with Crippen LogP contribution in [0.25, 0.3) is 11.0 Å². The molecule has 2 unspecified atom stereocenters. The number of nitrogens with one attached hydrogen (secondary N) is 2. The lowest BCUT2D eigenvalue weighted by Gasteiger charge is -2.28. The second kappa shape index (κ2) is 13.2. The van der Waals surface area contributed by atoms with E-state index in [4.69, 9.17) is 28.2 Å². The highest BCUT2D eigenvalue weighted by Gasteiger charge is 2.46. The van der Waals surface area contributed by atoms with Crippen LogP contribution in [0.3, 0.4) is 0 Å². The third-order valence-corrected chi connectivity index (χ3v) is 11.4. The zero-order valence-corrected chi connectivity index (χ0v) is 29.5. The lowest BCUT2D eigenvalue weighted by Crippen LogP contribution is -2.38. The van der Waals surface area contributed by atoms with Crippen LogP contribution in [-0.4, -0.2) is 59.6 Å². The summed E-state index contributed by atoms with van der Waals surface area (Å²) < 4.78 is 2.07. The molecule has 0 bridgehead atoms. The van der Waals surface area contributed by atoms with Gasteiger partial charge in [-0.3, -0.25) is 14.6 Å². The molecule has 1 aliphatic heterocycles. The molecular formula is C37H43Cl2N7O2. The molecule has 2 amide bonds. The molecule has 3 aliphatic rings. The van der Waals surface area contributed by atoms with Crippen molar-refractivity contribution in [3.8, 4) is 0 Å². The van der Waals surface area contributed by atoms with Gasteiger partial charge in [-0.1, -0.05) is 36.2 Å². The molecule has 9 nitrogen and oxygen atoms in total. The Hall–Kier alpha value is -3.82. The van der Waals surface area contributed by atoms with E-state index in [0.29, 0.717) is 27.7 Å². The van der Waals surface area contributed by atoms with E-state index in [0.717, 1.165) is 95.9 Å². The van der Waals surface area contributed by atoms with E-state index in [-0.39, 0.29) is 24.4 Å². The normalized spacial score (nSPS) is 21.7. The number of aryl methyl sites for hydroxylation is 1. The Morgan fingerprint density at radius 1 is 1.00 bits per heavy atom. The number of aromatic nitrogens is 3. The number of piperidine rings is 1. The van der Waals surface area contributed by atoms with Crippen molar-refractivity contribution in [2.24, 2.45) is 24.8 Å². The lowest BCUT2D eigenvalue weighted by atomic mass is 9.87. The van der Waals surface area contributed by atoms with Gasteiger partial charge in [0.1, 0.15) is 11.5 Å². The van der Waals surface area contributed by atoms with Crippen LogP contribution in [0.1, 0.15) is 76.8 Å². The Labute approximate surface area is 292 Å². The summed E-state index contributed by atoms with van der Waals surface area (Å²) in [6.07, 6.45) is 7.65. The summed E-state index contributed by atoms with van der Waals surface area (Å²) in [7, 11) is 5.83. The molecule has 3 heterocycles. The number of pyridine rings is 1. The van der Waals surface area contributed by atoms with Crippen LogP contribution in [0.4, 0.5) is 11.4 Å². The molecule has 252 valence electrons. The van der Waals surface area contributed by atoms with Crippen molar-refractivity contribution in [1.29, 1.82) is 0 Å². The number of benzene rings is 2. The maximum atomic E-state index is 13.8. The largest absolute Gasteiger partial charge is 0.378 e. The van der Waals surface area contributed by atoms with Gasteiger partial charge in [-0.05, 0) is 91.3 Å². The fourth-order valence-electron chi connectivity index (χ4n) is 7.33. The van der Waals surface area contributed by atoms with E-state index in [9.17, 15) is 9.59 Å². The SMILES string of the molecule is CC1CCC(NC(=O)c2cc3nc(Cc4c(Cl)ccc(CNC(=O)c5cc(N(C)C)ccn5)c4Cl)n(C)c3cc2N2CC3CC3C2)CC1. The first kappa shape index (κ1) is 32.7. The smallest absolute Gasteiger partial charge is 0.270 e. The van der Waals surface area contributed by atoms with Crippen LogP contribution >= 0.6 is 23.2 Å². The van der Waals surface area contributed by atoms with Crippen molar-refractivity contribution in [2.45, 2.75) is 58.0 Å². The standard InChI is InChI=1S/C37H43Cl2N7O2/c1-21-5-8-25(9-6-21)42-36(47)28-15-30-33(17-32(28)46-19-23-13-24(23)20-46)45(4)34(43-30)16-27-29(38)10-7-22(35(27)39)18-41-37(48)31-14-26(44(2)3)11-12-40-31/h7,10-12,14-15,17,21,23-25H,5-6,8-9,13,16,18-20H2,1-4H3,(H,41,48)(H,42,47). The molecule has 2 aromatic heterocycles. The number of hydrogen-bond acceptors (Lipinski definition) is 6. The lowest BCUT2D eigenvalue weighted by molar-refractivity contribution is 0.0921. The minimum absolute atomic E-state index is 0.0105. The number of halogens is 2. The van der Waals surface area contributed by atoms with Gasteiger partial charge in [-0.15, -0.1) is 0 Å². The topological polar surface area (TPSA) is 95.4 Å². The van der Waals surface area contributed by atoms with Crippen molar-refractivity contribution >= 4 is 57.4 Å². The molecule has 2 aliphatic carbocycles. The highest BCUT2D eigenvalue weighted by molar-refractivity contribution is 6.36. The van der Waals surface area contributed by atoms with E-state index in [1.54, 1.807) is 12.3 Å². The predicted octanol–water partition coefficient (Wildman–Crippen LogP) is 6.63. The molecule has 4 aromatic rings. The fraction of sp³-hybridized carbons (Fsp3) is 0.459. The molecule has 11 heteroatoms. The van der Waals surface area contributed by atoms with Gasteiger partial charge >= 0.3 is 0 Å². The van der Waals surface area contributed by atoms with E-state index >= 15 is 0 Å². The van der Waals surface area contributed by atoms with Gasteiger partial charge in [0, 0.05) is 70.1 Å². The van der Waals surface area contributed by atoms with Gasteiger partial charge in [0.2, 0.25) is 0 Å². The Balaban J connectivity index is 1.14. The zero-order chi connectivity index (χ0) is 33.7. The van der Waals surface area contributed by atoms with Crippen LogP contribution in [0, 0.1) is 17.8 Å². The van der Waals surface area contributed by atoms with Crippen molar-refractivity contribution in [3.05, 3.63) is 80.8 Å². The summed E-state index contributed by atoms with van der Waals surface area (Å²) in [6, 6.07) is 11.6.